The van der Waals surface area contributed by atoms with Gasteiger partial charge in [0.15, 0.2) is 17.1 Å². The Kier molecular flexibility index (Phi) is 17.0. The number of allylic oxidation sites excluding steroid dienone is 2. The van der Waals surface area contributed by atoms with Crippen LogP contribution >= 0.6 is 0 Å². The molecule has 2 rings (SSSR count). The molecule has 0 amide bonds. The van der Waals surface area contributed by atoms with E-state index in [4.69, 9.17) is 9.47 Å². The third-order valence-electron chi connectivity index (χ3n) is 7.81. The van der Waals surface area contributed by atoms with Gasteiger partial charge in [-0.25, -0.2) is 9.59 Å². The molecule has 0 aromatic heterocycles. The predicted molar refractivity (Wildman–Crippen MR) is 165 cm³/mol. The summed E-state index contributed by atoms with van der Waals surface area (Å²) in [5.74, 6) is -2.46. The normalized spacial score (nSPS) is 22.3. The quantitative estimate of drug-likeness (QED) is 0.0405. The fourth-order valence-corrected chi connectivity index (χ4v) is 5.18. The van der Waals surface area contributed by atoms with Crippen molar-refractivity contribution in [2.45, 2.75) is 134 Å². The Balaban J connectivity index is 1.61. The minimum absolute atomic E-state index is 0.133. The molecular formula is C34H52O9. The average molecular weight is 605 g/mol. The maximum atomic E-state index is 12.7. The summed E-state index contributed by atoms with van der Waals surface area (Å²) in [5.41, 5.74) is -1.69. The number of phenolic OH excluding ortho intramolecular Hbond substituents is 2. The largest absolute Gasteiger partial charge is 0.504 e. The van der Waals surface area contributed by atoms with E-state index in [1.165, 1.54) is 75.6 Å². The second-order valence-electron chi connectivity index (χ2n) is 11.6. The van der Waals surface area contributed by atoms with Crippen LogP contribution in [0.3, 0.4) is 0 Å². The van der Waals surface area contributed by atoms with E-state index in [0.717, 1.165) is 38.2 Å². The minimum Gasteiger partial charge on any atom is -0.504 e. The Hall–Kier alpha value is -2.88. The number of aromatic hydroxyl groups is 2. The molecule has 0 unspecified atom stereocenters. The van der Waals surface area contributed by atoms with Gasteiger partial charge in [-0.15, -0.1) is 0 Å². The third-order valence-corrected chi connectivity index (χ3v) is 7.81. The maximum Gasteiger partial charge on any atom is 0.338 e. The van der Waals surface area contributed by atoms with Crippen LogP contribution in [0.2, 0.25) is 0 Å². The number of benzene rings is 1. The van der Waals surface area contributed by atoms with Crippen molar-refractivity contribution in [3.63, 3.8) is 0 Å². The molecule has 1 aromatic carbocycles. The molecule has 9 nitrogen and oxygen atoms in total. The number of hydrogen-bond donors (Lipinski definition) is 5. The van der Waals surface area contributed by atoms with Gasteiger partial charge in [-0.2, -0.15) is 0 Å². The molecule has 242 valence electrons. The Morgan fingerprint density at radius 2 is 1.47 bits per heavy atom. The number of aliphatic hydroxyl groups excluding tert-OH is 2. The molecule has 9 heteroatoms. The van der Waals surface area contributed by atoms with Crippen molar-refractivity contribution in [3.05, 3.63) is 42.0 Å². The molecule has 1 fully saturated rings. The van der Waals surface area contributed by atoms with Crippen molar-refractivity contribution in [3.8, 4) is 11.5 Å². The summed E-state index contributed by atoms with van der Waals surface area (Å²) in [5, 5.41) is 50.4. The molecule has 1 aromatic rings. The number of hydrogen-bond acceptors (Lipinski definition) is 9. The number of phenols is 2. The van der Waals surface area contributed by atoms with Crippen molar-refractivity contribution >= 4 is 18.0 Å². The van der Waals surface area contributed by atoms with Crippen LogP contribution in [0.25, 0.3) is 6.08 Å². The van der Waals surface area contributed by atoms with Gasteiger partial charge in [-0.05, 0) is 55.9 Å². The van der Waals surface area contributed by atoms with Gasteiger partial charge < -0.3 is 35.0 Å². The predicted octanol–water partition coefficient (Wildman–Crippen LogP) is 5.85. The maximum absolute atomic E-state index is 12.7. The van der Waals surface area contributed by atoms with Gasteiger partial charge in [0.05, 0.1) is 12.7 Å². The molecule has 1 saturated carbocycles. The van der Waals surface area contributed by atoms with Gasteiger partial charge in [0.2, 0.25) is 0 Å². The molecule has 5 N–H and O–H groups in total. The number of aliphatic hydroxyl groups is 3. The Bertz CT molecular complexity index is 1020. The summed E-state index contributed by atoms with van der Waals surface area (Å²) >= 11 is 0. The zero-order valence-electron chi connectivity index (χ0n) is 25.7. The first-order chi connectivity index (χ1) is 20.7. The molecule has 43 heavy (non-hydrogen) atoms. The Morgan fingerprint density at radius 3 is 2.09 bits per heavy atom. The van der Waals surface area contributed by atoms with Crippen LogP contribution in [-0.2, 0) is 19.1 Å². The van der Waals surface area contributed by atoms with E-state index in [0.29, 0.717) is 12.0 Å². The molecule has 0 bridgehead atoms. The third kappa shape index (κ3) is 14.0. The van der Waals surface area contributed by atoms with E-state index in [2.05, 4.69) is 19.1 Å². The number of rotatable bonds is 20. The van der Waals surface area contributed by atoms with Gasteiger partial charge in [-0.1, -0.05) is 82.9 Å². The molecule has 0 spiro atoms. The lowest BCUT2D eigenvalue weighted by atomic mass is 9.79. The minimum atomic E-state index is -2.10. The summed E-state index contributed by atoms with van der Waals surface area (Å²) in [6.45, 7) is 2.37. The molecule has 0 saturated heterocycles. The van der Waals surface area contributed by atoms with Gasteiger partial charge >= 0.3 is 11.9 Å². The number of ether oxygens (including phenoxy) is 2. The van der Waals surface area contributed by atoms with Crippen LogP contribution in [0.4, 0.5) is 0 Å². The fraction of sp³-hybridized carbons (Fsp3) is 0.647. The fourth-order valence-electron chi connectivity index (χ4n) is 5.18. The number of carbonyl (C=O) groups is 2. The highest BCUT2D eigenvalue weighted by Gasteiger charge is 2.51. The summed E-state index contributed by atoms with van der Waals surface area (Å²) in [6.07, 6.45) is 18.1. The average Bonchev–Trinajstić information content (AvgIpc) is 2.97. The number of carbonyl (C=O) groups excluding carboxylic acids is 2. The first-order valence-corrected chi connectivity index (χ1v) is 16.0. The smallest absolute Gasteiger partial charge is 0.338 e. The van der Waals surface area contributed by atoms with Crippen LogP contribution in [0, 0.1) is 0 Å². The highest BCUT2D eigenvalue weighted by atomic mass is 16.6. The van der Waals surface area contributed by atoms with Crippen molar-refractivity contribution in [2.75, 3.05) is 6.61 Å². The van der Waals surface area contributed by atoms with Gasteiger partial charge in [-0.3, -0.25) is 0 Å². The van der Waals surface area contributed by atoms with Crippen molar-refractivity contribution in [1.82, 2.24) is 0 Å². The lowest BCUT2D eigenvalue weighted by molar-refractivity contribution is -0.200. The van der Waals surface area contributed by atoms with E-state index >= 15 is 0 Å². The second kappa shape index (κ2) is 20.1. The Morgan fingerprint density at radius 1 is 0.860 bits per heavy atom. The lowest BCUT2D eigenvalue weighted by Gasteiger charge is -2.39. The van der Waals surface area contributed by atoms with Crippen LogP contribution in [0.5, 0.6) is 11.5 Å². The van der Waals surface area contributed by atoms with Crippen molar-refractivity contribution in [1.29, 1.82) is 0 Å². The summed E-state index contributed by atoms with van der Waals surface area (Å²) in [7, 11) is 0. The SMILES string of the molecule is CCCCCCCC/C=C/CCCCCCCCOC(=O)[C@]1(O)C[C@@H](O)[C@@H](O)[C@H](OC(=O)/C=C/c2ccc(O)c(O)c2)C1. The van der Waals surface area contributed by atoms with Crippen molar-refractivity contribution in [2.24, 2.45) is 0 Å². The number of esters is 2. The standard InChI is InChI=1S/C34H52O9/c1-2-3-4-5-6-7-8-9-10-11-12-13-14-15-16-17-22-42-33(40)34(41)24-29(37)32(39)30(25-34)43-31(38)21-19-26-18-20-27(35)28(36)23-26/h9-10,18-21,23,29-30,32,35-37,39,41H,2-8,11-17,22,24-25H2,1H3/b10-9+,21-19+/t29-,30-,32-,34+/m1/s1. The van der Waals surface area contributed by atoms with E-state index in [-0.39, 0.29) is 18.1 Å². The molecule has 0 aliphatic heterocycles. The summed E-state index contributed by atoms with van der Waals surface area (Å²) < 4.78 is 10.5. The zero-order chi connectivity index (χ0) is 31.5. The van der Waals surface area contributed by atoms with E-state index in [1.54, 1.807) is 0 Å². The Labute approximate surface area is 256 Å². The zero-order valence-corrected chi connectivity index (χ0v) is 25.7. The van der Waals surface area contributed by atoms with Crippen LogP contribution < -0.4 is 0 Å². The van der Waals surface area contributed by atoms with Gasteiger partial charge in [0.25, 0.3) is 0 Å². The second-order valence-corrected chi connectivity index (χ2v) is 11.6. The van der Waals surface area contributed by atoms with Gasteiger partial charge in [0, 0.05) is 18.9 Å². The molecule has 0 heterocycles. The lowest BCUT2D eigenvalue weighted by Crippen LogP contribution is -2.57. The molecule has 1 aliphatic carbocycles. The van der Waals surface area contributed by atoms with Crippen LogP contribution in [-0.4, -0.2) is 68.0 Å². The van der Waals surface area contributed by atoms with Gasteiger partial charge in [0.1, 0.15) is 12.2 Å². The molecule has 0 radical (unpaired) electrons. The topological polar surface area (TPSA) is 154 Å². The van der Waals surface area contributed by atoms with Crippen molar-refractivity contribution < 1.29 is 44.6 Å². The summed E-state index contributed by atoms with van der Waals surface area (Å²) in [4.78, 5) is 25.0. The van der Waals surface area contributed by atoms with E-state index in [9.17, 15) is 35.1 Å². The van der Waals surface area contributed by atoms with Crippen LogP contribution in [0.15, 0.2) is 36.4 Å². The highest BCUT2D eigenvalue weighted by Crippen LogP contribution is 2.32. The van der Waals surface area contributed by atoms with E-state index < -0.39 is 48.7 Å². The van der Waals surface area contributed by atoms with E-state index in [1.807, 2.05) is 0 Å². The molecular weight excluding hydrogens is 552 g/mol. The first kappa shape index (κ1) is 36.3. The number of unbranched alkanes of at least 4 members (excludes halogenated alkanes) is 12. The monoisotopic (exact) mass is 604 g/mol. The first-order valence-electron chi connectivity index (χ1n) is 16.0. The summed E-state index contributed by atoms with van der Waals surface area (Å²) in [6, 6.07) is 3.96. The highest BCUT2D eigenvalue weighted by molar-refractivity contribution is 5.87. The molecule has 4 atom stereocenters. The molecule has 1 aliphatic rings. The van der Waals surface area contributed by atoms with Crippen LogP contribution in [0.1, 0.15) is 115 Å².